The van der Waals surface area contributed by atoms with Gasteiger partial charge < -0.3 is 0 Å². The van der Waals surface area contributed by atoms with Crippen molar-refractivity contribution in [2.45, 2.75) is 13.2 Å². The topological polar surface area (TPSA) is 30.7 Å². The van der Waals surface area contributed by atoms with Crippen molar-refractivity contribution >= 4 is 32.6 Å². The molecule has 0 saturated carbocycles. The van der Waals surface area contributed by atoms with Crippen LogP contribution in [0, 0.1) is 0 Å². The van der Waals surface area contributed by atoms with E-state index in [1.54, 1.807) is 10.6 Å². The maximum atomic E-state index is 8.53. The van der Waals surface area contributed by atoms with E-state index < -0.39 is 13.2 Å². The molecule has 49 heavy (non-hydrogen) atoms. The Morgan fingerprint density at radius 3 is 1.69 bits per heavy atom. The molecular weight excluding hydrogens is 595 g/mol. The van der Waals surface area contributed by atoms with E-state index in [9.17, 15) is 0 Å². The third-order valence-electron chi connectivity index (χ3n) is 9.40. The van der Waals surface area contributed by atoms with Crippen LogP contribution in [-0.2, 0) is 6.37 Å². The zero-order chi connectivity index (χ0) is 37.0. The second-order valence-electron chi connectivity index (χ2n) is 12.2. The quantitative estimate of drug-likeness (QED) is 0.171. The van der Waals surface area contributed by atoms with E-state index in [0.29, 0.717) is 16.7 Å². The van der Waals surface area contributed by atoms with Crippen molar-refractivity contribution in [2.75, 3.05) is 0 Å². The highest BCUT2D eigenvalue weighted by atomic mass is 15.1. The minimum atomic E-state index is -2.89. The minimum absolute atomic E-state index is 0.146. The van der Waals surface area contributed by atoms with Crippen molar-refractivity contribution in [2.24, 2.45) is 0 Å². The van der Waals surface area contributed by atoms with E-state index in [1.807, 2.05) is 67.0 Å². The van der Waals surface area contributed by atoms with Gasteiger partial charge in [0.15, 0.2) is 0 Å². The molecule has 0 aliphatic carbocycles. The average molecular weight is 633 g/mol. The van der Waals surface area contributed by atoms with Gasteiger partial charge in [0.25, 0.3) is 0 Å². The molecule has 0 unspecified atom stereocenters. The molecule has 7 aromatic carbocycles. The SMILES string of the molecule is [2H]C([2H])([2H])C([2H])([2H])c1nc2ccccc2n1-c1ccc(-c2ccc(-c3c4ccccc4c(-c4cccc(-c5ccncc5)c4)c4ccccc34)cc2)cc1. The first-order valence-electron chi connectivity index (χ1n) is 18.8. The minimum Gasteiger partial charge on any atom is -0.296 e. The van der Waals surface area contributed by atoms with E-state index in [4.69, 9.17) is 6.85 Å². The van der Waals surface area contributed by atoms with E-state index >= 15 is 0 Å². The van der Waals surface area contributed by atoms with Gasteiger partial charge >= 0.3 is 0 Å². The Morgan fingerprint density at radius 1 is 0.510 bits per heavy atom. The number of para-hydroxylation sites is 2. The number of imidazole rings is 1. The second kappa shape index (κ2) is 12.0. The highest BCUT2D eigenvalue weighted by molar-refractivity contribution is 6.21. The molecule has 0 spiro atoms. The van der Waals surface area contributed by atoms with Crippen LogP contribution >= 0.6 is 0 Å². The molecule has 3 nitrogen and oxygen atoms in total. The summed E-state index contributed by atoms with van der Waals surface area (Å²) in [5.41, 5.74) is 10.8. The van der Waals surface area contributed by atoms with Gasteiger partial charge in [0.2, 0.25) is 0 Å². The molecule has 9 aromatic rings. The van der Waals surface area contributed by atoms with Crippen LogP contribution in [0.25, 0.3) is 82.8 Å². The van der Waals surface area contributed by atoms with Crippen molar-refractivity contribution < 1.29 is 6.85 Å². The maximum absolute atomic E-state index is 8.53. The Hall–Kier alpha value is -6.32. The van der Waals surface area contributed by atoms with Gasteiger partial charge in [-0.05, 0) is 109 Å². The summed E-state index contributed by atoms with van der Waals surface area (Å²) in [6.07, 6.45) is 0.998. The lowest BCUT2D eigenvalue weighted by Gasteiger charge is -2.18. The van der Waals surface area contributed by atoms with Gasteiger partial charge in [-0.25, -0.2) is 4.98 Å². The van der Waals surface area contributed by atoms with Gasteiger partial charge in [-0.3, -0.25) is 9.55 Å². The van der Waals surface area contributed by atoms with Gasteiger partial charge in [-0.1, -0.05) is 122 Å². The number of aryl methyl sites for hydroxylation is 1. The summed E-state index contributed by atoms with van der Waals surface area (Å²) in [5, 5.41) is 4.73. The number of nitrogens with zero attached hydrogens (tertiary/aromatic N) is 3. The average Bonchev–Trinajstić information content (AvgIpc) is 3.61. The summed E-state index contributed by atoms with van der Waals surface area (Å²) in [5.74, 6) is -0.146. The standard InChI is InChI=1S/C46H33N3/c1-2-44-48-42-16-7-8-17-43(42)49(44)37-24-22-32(23-25-37)31-18-20-34(21-19-31)45-38-12-3-5-14-40(38)46(41-15-6-4-13-39(41)45)36-11-9-10-35(30-36)33-26-28-47-29-27-33/h3-30H,2H2,1H3/i1D3,2D2. The van der Waals surface area contributed by atoms with Crippen LogP contribution < -0.4 is 0 Å². The number of hydrogen-bond donors (Lipinski definition) is 0. The molecule has 0 atom stereocenters. The molecule has 9 rings (SSSR count). The number of benzene rings is 7. The monoisotopic (exact) mass is 632 g/mol. The molecule has 0 saturated heterocycles. The second-order valence-corrected chi connectivity index (χ2v) is 12.2. The first-order valence-corrected chi connectivity index (χ1v) is 16.3. The molecule has 232 valence electrons. The van der Waals surface area contributed by atoms with E-state index in [0.717, 1.165) is 33.4 Å². The van der Waals surface area contributed by atoms with Crippen LogP contribution in [0.1, 0.15) is 19.5 Å². The largest absolute Gasteiger partial charge is 0.296 e. The Balaban J connectivity index is 1.12. The number of aromatic nitrogens is 3. The molecule has 0 fully saturated rings. The van der Waals surface area contributed by atoms with E-state index in [2.05, 4.69) is 107 Å². The fourth-order valence-electron chi connectivity index (χ4n) is 7.15. The third-order valence-corrected chi connectivity index (χ3v) is 9.40. The number of hydrogen-bond acceptors (Lipinski definition) is 2. The summed E-state index contributed by atoms with van der Waals surface area (Å²) in [6, 6.07) is 53.7. The predicted octanol–water partition coefficient (Wildman–Crippen LogP) is 12.0. The van der Waals surface area contributed by atoms with Crippen molar-refractivity contribution in [3.63, 3.8) is 0 Å². The lowest BCUT2D eigenvalue weighted by Crippen LogP contribution is -1.99. The third kappa shape index (κ3) is 4.99. The number of rotatable bonds is 6. The van der Waals surface area contributed by atoms with Crippen LogP contribution in [0.15, 0.2) is 170 Å². The van der Waals surface area contributed by atoms with E-state index in [-0.39, 0.29) is 5.82 Å². The Labute approximate surface area is 292 Å². The fraction of sp³-hybridized carbons (Fsp3) is 0.0435. The molecule has 0 aliphatic heterocycles. The van der Waals surface area contributed by atoms with Crippen LogP contribution in [-0.4, -0.2) is 14.5 Å². The molecule has 3 heteroatoms. The number of fused-ring (bicyclic) bond motifs is 3. The summed E-state index contributed by atoms with van der Waals surface area (Å²) in [4.78, 5) is 8.66. The zero-order valence-corrected chi connectivity index (χ0v) is 26.5. The zero-order valence-electron chi connectivity index (χ0n) is 31.5. The first-order chi connectivity index (χ1) is 26.2. The molecule has 0 aliphatic rings. The summed E-state index contributed by atoms with van der Waals surface area (Å²) in [6.45, 7) is -2.89. The predicted molar refractivity (Wildman–Crippen MR) is 205 cm³/mol. The molecular formula is C46H33N3. The normalized spacial score (nSPS) is 13.5. The molecule has 0 N–H and O–H groups in total. The van der Waals surface area contributed by atoms with Crippen molar-refractivity contribution in [1.82, 2.24) is 14.5 Å². The molecule has 0 amide bonds. The van der Waals surface area contributed by atoms with Crippen LogP contribution in [0.2, 0.25) is 0 Å². The smallest absolute Gasteiger partial charge is 0.114 e. The highest BCUT2D eigenvalue weighted by Gasteiger charge is 2.17. The molecule has 0 radical (unpaired) electrons. The Morgan fingerprint density at radius 2 is 1.04 bits per heavy atom. The highest BCUT2D eigenvalue weighted by Crippen LogP contribution is 2.44. The van der Waals surface area contributed by atoms with Gasteiger partial charge in [0.05, 0.1) is 11.0 Å². The molecule has 2 heterocycles. The van der Waals surface area contributed by atoms with Crippen molar-refractivity contribution in [3.8, 4) is 50.2 Å². The van der Waals surface area contributed by atoms with Gasteiger partial charge in [0.1, 0.15) is 5.82 Å². The maximum Gasteiger partial charge on any atom is 0.114 e. The van der Waals surface area contributed by atoms with Gasteiger partial charge in [-0.15, -0.1) is 0 Å². The fourth-order valence-corrected chi connectivity index (χ4v) is 7.15. The van der Waals surface area contributed by atoms with Crippen molar-refractivity contribution in [1.29, 1.82) is 0 Å². The lowest BCUT2D eigenvalue weighted by atomic mass is 9.85. The van der Waals surface area contributed by atoms with E-state index in [1.165, 1.54) is 32.7 Å². The van der Waals surface area contributed by atoms with Crippen LogP contribution in [0.3, 0.4) is 0 Å². The van der Waals surface area contributed by atoms with Crippen LogP contribution in [0.5, 0.6) is 0 Å². The van der Waals surface area contributed by atoms with Gasteiger partial charge in [0, 0.05) is 31.3 Å². The Kier molecular flexibility index (Phi) is 5.88. The lowest BCUT2D eigenvalue weighted by molar-refractivity contribution is 0.908. The molecule has 0 bridgehead atoms. The Bertz CT molecular complexity index is 2770. The number of pyridine rings is 1. The van der Waals surface area contributed by atoms with Crippen LogP contribution in [0.4, 0.5) is 0 Å². The first kappa shape index (κ1) is 23.9. The van der Waals surface area contributed by atoms with Crippen molar-refractivity contribution in [3.05, 3.63) is 176 Å². The molecule has 2 aromatic heterocycles. The summed E-state index contributed by atoms with van der Waals surface area (Å²) < 4.78 is 42.4. The van der Waals surface area contributed by atoms with Gasteiger partial charge in [-0.2, -0.15) is 0 Å². The summed E-state index contributed by atoms with van der Waals surface area (Å²) >= 11 is 0. The summed E-state index contributed by atoms with van der Waals surface area (Å²) in [7, 11) is 0.